The van der Waals surface area contributed by atoms with E-state index in [0.29, 0.717) is 17.3 Å². The molecule has 6 nitrogen and oxygen atoms in total. The maximum Gasteiger partial charge on any atom is 0.277 e. The highest BCUT2D eigenvalue weighted by atomic mass is 35.5. The van der Waals surface area contributed by atoms with Crippen LogP contribution in [0.2, 0.25) is 5.02 Å². The van der Waals surface area contributed by atoms with Crippen LogP contribution in [0.4, 0.5) is 11.4 Å². The molecule has 2 aromatic rings. The van der Waals surface area contributed by atoms with Crippen molar-refractivity contribution >= 4 is 34.8 Å². The van der Waals surface area contributed by atoms with Crippen LogP contribution in [-0.4, -0.2) is 63.0 Å². The molecule has 7 heteroatoms. The number of nitrogens with one attached hydrogen (secondary N) is 2. The summed E-state index contributed by atoms with van der Waals surface area (Å²) in [6, 6.07) is 13.5. The summed E-state index contributed by atoms with van der Waals surface area (Å²) in [6.07, 6.45) is 0. The third kappa shape index (κ3) is 5.52. The molecule has 0 spiro atoms. The molecular weight excluding hydrogens is 400 g/mol. The molecule has 2 N–H and O–H groups in total. The molecule has 0 aliphatic carbocycles. The van der Waals surface area contributed by atoms with Crippen LogP contribution in [0.3, 0.4) is 0 Å². The summed E-state index contributed by atoms with van der Waals surface area (Å²) in [6.45, 7) is 8.35. The minimum atomic E-state index is -0.256. The summed E-state index contributed by atoms with van der Waals surface area (Å²) >= 11 is 6.07. The fraction of sp³-hybridized carbons (Fsp3) is 0.391. The van der Waals surface area contributed by atoms with E-state index in [0.717, 1.165) is 26.2 Å². The average Bonchev–Trinajstić information content (AvgIpc) is 2.72. The van der Waals surface area contributed by atoms with Crippen molar-refractivity contribution < 1.29 is 14.5 Å². The number of anilines is 2. The van der Waals surface area contributed by atoms with Crippen molar-refractivity contribution in [2.45, 2.75) is 13.8 Å². The summed E-state index contributed by atoms with van der Waals surface area (Å²) in [7, 11) is 1.67. The van der Waals surface area contributed by atoms with E-state index in [1.54, 1.807) is 31.3 Å². The Balaban J connectivity index is 1.46. The number of rotatable bonds is 6. The zero-order valence-electron chi connectivity index (χ0n) is 17.9. The van der Waals surface area contributed by atoms with Gasteiger partial charge in [-0.05, 0) is 43.2 Å². The van der Waals surface area contributed by atoms with E-state index in [9.17, 15) is 9.59 Å². The highest BCUT2D eigenvalue weighted by Gasteiger charge is 2.25. The number of carbonyl (C=O) groups excluding carboxylic acids is 2. The third-order valence-electron chi connectivity index (χ3n) is 5.74. The minimum absolute atomic E-state index is 0.00590. The van der Waals surface area contributed by atoms with E-state index >= 15 is 0 Å². The number of piperazine rings is 1. The number of amides is 2. The van der Waals surface area contributed by atoms with Gasteiger partial charge in [0.15, 0.2) is 6.54 Å². The lowest BCUT2D eigenvalue weighted by Crippen LogP contribution is -3.15. The molecule has 0 radical (unpaired) electrons. The van der Waals surface area contributed by atoms with E-state index < -0.39 is 0 Å². The van der Waals surface area contributed by atoms with Crippen LogP contribution in [0.5, 0.6) is 0 Å². The number of quaternary nitrogens is 1. The number of hydrogen-bond acceptors (Lipinski definition) is 3. The average molecular weight is 430 g/mol. The maximum atomic E-state index is 12.6. The van der Waals surface area contributed by atoms with Crippen molar-refractivity contribution in [1.29, 1.82) is 0 Å². The van der Waals surface area contributed by atoms with Gasteiger partial charge in [-0.25, -0.2) is 0 Å². The molecule has 1 aliphatic heterocycles. The zero-order valence-corrected chi connectivity index (χ0v) is 18.6. The lowest BCUT2D eigenvalue weighted by atomic mass is 10.1. The largest absolute Gasteiger partial charge is 0.360 e. The van der Waals surface area contributed by atoms with Crippen molar-refractivity contribution in [3.8, 4) is 0 Å². The molecule has 0 bridgehead atoms. The topological polar surface area (TPSA) is 57.1 Å². The van der Waals surface area contributed by atoms with Gasteiger partial charge in [-0.2, -0.15) is 0 Å². The second-order valence-electron chi connectivity index (χ2n) is 7.91. The number of carbonyl (C=O) groups is 2. The van der Waals surface area contributed by atoms with Crippen molar-refractivity contribution in [2.75, 3.05) is 56.5 Å². The first-order valence-corrected chi connectivity index (χ1v) is 10.7. The maximum absolute atomic E-state index is 12.6. The van der Waals surface area contributed by atoms with Crippen LogP contribution < -0.4 is 15.1 Å². The van der Waals surface area contributed by atoms with E-state index in [1.807, 2.05) is 0 Å². The summed E-state index contributed by atoms with van der Waals surface area (Å²) in [5, 5.41) is 3.23. The molecule has 0 saturated carbocycles. The standard InChI is InChI=1S/C23H29ClN4O2/c1-17-7-6-10-21(18(17)2)28-13-11-27(12-14-28)16-23(30)26(3)15-22(29)25-20-9-5-4-8-19(20)24/h4-10H,11-16H2,1-3H3,(H,25,29)/p+1. The Morgan fingerprint density at radius 3 is 2.50 bits per heavy atom. The lowest BCUT2D eigenvalue weighted by Gasteiger charge is -2.35. The van der Waals surface area contributed by atoms with Gasteiger partial charge in [0, 0.05) is 12.7 Å². The van der Waals surface area contributed by atoms with Crippen LogP contribution in [0.1, 0.15) is 11.1 Å². The van der Waals surface area contributed by atoms with Crippen molar-refractivity contribution in [1.82, 2.24) is 4.90 Å². The molecule has 0 atom stereocenters. The normalized spacial score (nSPS) is 14.5. The molecule has 0 aromatic heterocycles. The zero-order chi connectivity index (χ0) is 21.7. The molecular formula is C23H30ClN4O2+. The van der Waals surface area contributed by atoms with Crippen molar-refractivity contribution in [3.63, 3.8) is 0 Å². The van der Waals surface area contributed by atoms with Crippen LogP contribution in [-0.2, 0) is 9.59 Å². The van der Waals surface area contributed by atoms with Crippen molar-refractivity contribution in [2.24, 2.45) is 0 Å². The second-order valence-corrected chi connectivity index (χ2v) is 8.32. The Morgan fingerprint density at radius 2 is 1.80 bits per heavy atom. The van der Waals surface area contributed by atoms with Crippen LogP contribution in [0.25, 0.3) is 0 Å². The van der Waals surface area contributed by atoms with Gasteiger partial charge in [-0.15, -0.1) is 0 Å². The summed E-state index contributed by atoms with van der Waals surface area (Å²) in [4.78, 5) is 30.0. The molecule has 1 heterocycles. The SMILES string of the molecule is Cc1cccc(N2CC[NH+](CC(=O)N(C)CC(=O)Nc3ccccc3Cl)CC2)c1C. The van der Waals surface area contributed by atoms with Crippen LogP contribution >= 0.6 is 11.6 Å². The Morgan fingerprint density at radius 1 is 1.10 bits per heavy atom. The first kappa shape index (κ1) is 22.1. The Kier molecular flexibility index (Phi) is 7.34. The summed E-state index contributed by atoms with van der Waals surface area (Å²) in [5.41, 5.74) is 4.46. The predicted octanol–water partition coefficient (Wildman–Crippen LogP) is 1.76. The number of hydrogen-bond donors (Lipinski definition) is 2. The number of halogens is 1. The van der Waals surface area contributed by atoms with Gasteiger partial charge in [0.25, 0.3) is 5.91 Å². The minimum Gasteiger partial charge on any atom is -0.360 e. The Hall–Kier alpha value is -2.57. The monoisotopic (exact) mass is 429 g/mol. The summed E-state index contributed by atoms with van der Waals surface area (Å²) < 4.78 is 0. The molecule has 30 heavy (non-hydrogen) atoms. The molecule has 160 valence electrons. The lowest BCUT2D eigenvalue weighted by molar-refractivity contribution is -0.892. The molecule has 2 aromatic carbocycles. The Labute approximate surface area is 183 Å². The van der Waals surface area contributed by atoms with E-state index in [-0.39, 0.29) is 18.4 Å². The van der Waals surface area contributed by atoms with Gasteiger partial charge in [0.1, 0.15) is 0 Å². The number of likely N-dealkylation sites (N-methyl/N-ethyl adjacent to an activating group) is 1. The Bertz CT molecular complexity index is 910. The predicted molar refractivity (Wildman–Crippen MR) is 121 cm³/mol. The van der Waals surface area contributed by atoms with Gasteiger partial charge in [0.05, 0.1) is 43.4 Å². The van der Waals surface area contributed by atoms with Gasteiger partial charge in [-0.3, -0.25) is 9.59 Å². The fourth-order valence-electron chi connectivity index (χ4n) is 3.72. The molecule has 0 unspecified atom stereocenters. The van der Waals surface area contributed by atoms with Gasteiger partial charge < -0.3 is 20.0 Å². The molecule has 1 aliphatic rings. The van der Waals surface area contributed by atoms with Crippen LogP contribution in [0.15, 0.2) is 42.5 Å². The number of nitrogens with zero attached hydrogens (tertiary/aromatic N) is 2. The quantitative estimate of drug-likeness (QED) is 0.735. The van der Waals surface area contributed by atoms with E-state index in [1.165, 1.54) is 26.6 Å². The van der Waals surface area contributed by atoms with Gasteiger partial charge >= 0.3 is 0 Å². The van der Waals surface area contributed by atoms with Crippen LogP contribution in [0, 0.1) is 13.8 Å². The molecule has 1 saturated heterocycles. The highest BCUT2D eigenvalue weighted by Crippen LogP contribution is 2.22. The molecule has 2 amide bonds. The third-order valence-corrected chi connectivity index (χ3v) is 6.07. The first-order valence-electron chi connectivity index (χ1n) is 10.3. The van der Waals surface area contributed by atoms with Crippen molar-refractivity contribution in [3.05, 3.63) is 58.6 Å². The number of para-hydroxylation sites is 1. The number of benzene rings is 2. The van der Waals surface area contributed by atoms with E-state index in [2.05, 4.69) is 42.3 Å². The number of aryl methyl sites for hydroxylation is 1. The highest BCUT2D eigenvalue weighted by molar-refractivity contribution is 6.33. The van der Waals surface area contributed by atoms with E-state index in [4.69, 9.17) is 11.6 Å². The first-order chi connectivity index (χ1) is 14.3. The van der Waals surface area contributed by atoms with Gasteiger partial charge in [0.2, 0.25) is 5.91 Å². The fourth-order valence-corrected chi connectivity index (χ4v) is 3.91. The smallest absolute Gasteiger partial charge is 0.277 e. The molecule has 1 fully saturated rings. The summed E-state index contributed by atoms with van der Waals surface area (Å²) in [5.74, 6) is -0.284. The second kappa shape index (κ2) is 9.96. The molecule has 3 rings (SSSR count). The van der Waals surface area contributed by atoms with Gasteiger partial charge in [-0.1, -0.05) is 35.9 Å².